The van der Waals surface area contributed by atoms with Crippen LogP contribution in [0.1, 0.15) is 46.5 Å². The molecule has 0 amide bonds. The van der Waals surface area contributed by atoms with Crippen molar-refractivity contribution < 1.29 is 5.11 Å². The minimum absolute atomic E-state index is 0.0649. The van der Waals surface area contributed by atoms with Crippen LogP contribution in [-0.2, 0) is 0 Å². The third-order valence-electron chi connectivity index (χ3n) is 1.99. The van der Waals surface area contributed by atoms with E-state index in [2.05, 4.69) is 20.8 Å². The molecule has 0 aromatic rings. The van der Waals surface area contributed by atoms with E-state index < -0.39 is 0 Å². The molecule has 1 nitrogen and oxygen atoms in total. The molecule has 0 fully saturated rings. The zero-order valence-electron chi connectivity index (χ0n) is 7.43. The molecular formula is C9H20O. The smallest absolute Gasteiger partial charge is 0.0565 e. The summed E-state index contributed by atoms with van der Waals surface area (Å²) in [5.74, 6) is 0.491. The number of aliphatic hydroxyl groups excluding tert-OH is 1. The molecule has 10 heavy (non-hydrogen) atoms. The van der Waals surface area contributed by atoms with Gasteiger partial charge in [0.05, 0.1) is 6.10 Å². The second-order valence-corrected chi connectivity index (χ2v) is 3.12. The van der Waals surface area contributed by atoms with Crippen LogP contribution in [-0.4, -0.2) is 11.2 Å². The first-order valence-corrected chi connectivity index (χ1v) is 4.40. The van der Waals surface area contributed by atoms with Gasteiger partial charge in [-0.3, -0.25) is 0 Å². The van der Waals surface area contributed by atoms with Crippen LogP contribution in [0.4, 0.5) is 0 Å². The molecule has 0 heterocycles. The Balaban J connectivity index is 3.38. The fourth-order valence-corrected chi connectivity index (χ4v) is 1.23. The molecule has 0 spiro atoms. The van der Waals surface area contributed by atoms with E-state index in [1.54, 1.807) is 0 Å². The SMILES string of the molecule is CCCC(C)C(O)CCC. The van der Waals surface area contributed by atoms with Crippen LogP contribution in [0.5, 0.6) is 0 Å². The number of rotatable bonds is 5. The first-order valence-electron chi connectivity index (χ1n) is 4.40. The zero-order chi connectivity index (χ0) is 7.98. The molecule has 2 atom stereocenters. The molecule has 0 bridgehead atoms. The first kappa shape index (κ1) is 9.96. The van der Waals surface area contributed by atoms with Crippen molar-refractivity contribution in [3.63, 3.8) is 0 Å². The largest absolute Gasteiger partial charge is 0.393 e. The molecular weight excluding hydrogens is 124 g/mol. The summed E-state index contributed by atoms with van der Waals surface area (Å²) in [6.07, 6.45) is 4.32. The Kier molecular flexibility index (Phi) is 5.70. The fourth-order valence-electron chi connectivity index (χ4n) is 1.23. The van der Waals surface area contributed by atoms with Gasteiger partial charge in [0.25, 0.3) is 0 Å². The predicted molar refractivity (Wildman–Crippen MR) is 45.0 cm³/mol. The van der Waals surface area contributed by atoms with Gasteiger partial charge in [0.1, 0.15) is 0 Å². The summed E-state index contributed by atoms with van der Waals surface area (Å²) in [5, 5.41) is 9.45. The van der Waals surface area contributed by atoms with Crippen molar-refractivity contribution in [1.82, 2.24) is 0 Å². The highest BCUT2D eigenvalue weighted by atomic mass is 16.3. The Morgan fingerprint density at radius 1 is 1.10 bits per heavy atom. The summed E-state index contributed by atoms with van der Waals surface area (Å²) in [6, 6.07) is 0. The van der Waals surface area contributed by atoms with Gasteiger partial charge in [-0.1, -0.05) is 33.6 Å². The number of hydrogen-bond acceptors (Lipinski definition) is 1. The van der Waals surface area contributed by atoms with Crippen molar-refractivity contribution in [2.24, 2.45) is 5.92 Å². The molecule has 0 aromatic heterocycles. The summed E-state index contributed by atoms with van der Waals surface area (Å²) in [5.41, 5.74) is 0. The van der Waals surface area contributed by atoms with E-state index in [0.717, 1.165) is 19.3 Å². The van der Waals surface area contributed by atoms with Gasteiger partial charge in [0.15, 0.2) is 0 Å². The van der Waals surface area contributed by atoms with Crippen molar-refractivity contribution in [2.75, 3.05) is 0 Å². The lowest BCUT2D eigenvalue weighted by Crippen LogP contribution is -2.16. The van der Waals surface area contributed by atoms with Crippen molar-refractivity contribution in [3.8, 4) is 0 Å². The molecule has 0 aliphatic heterocycles. The van der Waals surface area contributed by atoms with E-state index in [1.165, 1.54) is 6.42 Å². The zero-order valence-corrected chi connectivity index (χ0v) is 7.43. The van der Waals surface area contributed by atoms with Gasteiger partial charge in [-0.15, -0.1) is 0 Å². The Morgan fingerprint density at radius 3 is 2.00 bits per heavy atom. The fraction of sp³-hybridized carbons (Fsp3) is 1.00. The van der Waals surface area contributed by atoms with Crippen LogP contribution in [0.2, 0.25) is 0 Å². The molecule has 0 radical (unpaired) electrons. The minimum Gasteiger partial charge on any atom is -0.393 e. The third-order valence-corrected chi connectivity index (χ3v) is 1.99. The molecule has 62 valence electrons. The molecule has 0 aliphatic rings. The lowest BCUT2D eigenvalue weighted by atomic mass is 9.96. The lowest BCUT2D eigenvalue weighted by molar-refractivity contribution is 0.102. The van der Waals surface area contributed by atoms with E-state index in [0.29, 0.717) is 5.92 Å². The normalized spacial score (nSPS) is 16.8. The van der Waals surface area contributed by atoms with Crippen LogP contribution in [0.15, 0.2) is 0 Å². The van der Waals surface area contributed by atoms with Gasteiger partial charge >= 0.3 is 0 Å². The highest BCUT2D eigenvalue weighted by Gasteiger charge is 2.10. The number of aliphatic hydroxyl groups is 1. The molecule has 1 heteroatoms. The second kappa shape index (κ2) is 5.72. The average molecular weight is 144 g/mol. The molecule has 0 aliphatic carbocycles. The van der Waals surface area contributed by atoms with Crippen LogP contribution < -0.4 is 0 Å². The topological polar surface area (TPSA) is 20.2 Å². The lowest BCUT2D eigenvalue weighted by Gasteiger charge is -2.16. The summed E-state index contributed by atoms with van der Waals surface area (Å²) < 4.78 is 0. The number of hydrogen-bond donors (Lipinski definition) is 1. The van der Waals surface area contributed by atoms with Crippen LogP contribution in [0.3, 0.4) is 0 Å². The third kappa shape index (κ3) is 3.89. The predicted octanol–water partition coefficient (Wildman–Crippen LogP) is 2.58. The maximum absolute atomic E-state index is 9.45. The van der Waals surface area contributed by atoms with E-state index >= 15 is 0 Å². The van der Waals surface area contributed by atoms with E-state index in [-0.39, 0.29) is 6.10 Å². The Hall–Kier alpha value is -0.0400. The molecule has 0 aromatic carbocycles. The second-order valence-electron chi connectivity index (χ2n) is 3.12. The van der Waals surface area contributed by atoms with Gasteiger partial charge in [0, 0.05) is 0 Å². The molecule has 2 unspecified atom stereocenters. The summed E-state index contributed by atoms with van der Waals surface area (Å²) in [6.45, 7) is 6.40. The first-order chi connectivity index (χ1) is 4.72. The van der Waals surface area contributed by atoms with E-state index in [9.17, 15) is 5.11 Å². The van der Waals surface area contributed by atoms with Gasteiger partial charge in [0.2, 0.25) is 0 Å². The summed E-state index contributed by atoms with van der Waals surface area (Å²) in [4.78, 5) is 0. The Morgan fingerprint density at radius 2 is 1.60 bits per heavy atom. The maximum Gasteiger partial charge on any atom is 0.0565 e. The minimum atomic E-state index is -0.0649. The summed E-state index contributed by atoms with van der Waals surface area (Å²) in [7, 11) is 0. The quantitative estimate of drug-likeness (QED) is 0.628. The van der Waals surface area contributed by atoms with Gasteiger partial charge < -0.3 is 5.11 Å². The Bertz CT molecular complexity index is 61.1. The Labute approximate surface area is 64.5 Å². The monoisotopic (exact) mass is 144 g/mol. The standard InChI is InChI=1S/C9H20O/c1-4-6-8(3)9(10)7-5-2/h8-10H,4-7H2,1-3H3. The van der Waals surface area contributed by atoms with E-state index in [4.69, 9.17) is 0 Å². The van der Waals surface area contributed by atoms with Crippen molar-refractivity contribution in [3.05, 3.63) is 0 Å². The average Bonchev–Trinajstić information content (AvgIpc) is 1.89. The van der Waals surface area contributed by atoms with E-state index in [1.807, 2.05) is 0 Å². The highest BCUT2D eigenvalue weighted by molar-refractivity contribution is 4.62. The summed E-state index contributed by atoms with van der Waals surface area (Å²) >= 11 is 0. The highest BCUT2D eigenvalue weighted by Crippen LogP contribution is 2.13. The maximum atomic E-state index is 9.45. The van der Waals surface area contributed by atoms with Crippen LogP contribution in [0, 0.1) is 5.92 Å². The van der Waals surface area contributed by atoms with Gasteiger partial charge in [-0.05, 0) is 18.8 Å². The van der Waals surface area contributed by atoms with Gasteiger partial charge in [-0.2, -0.15) is 0 Å². The van der Waals surface area contributed by atoms with Gasteiger partial charge in [-0.25, -0.2) is 0 Å². The van der Waals surface area contributed by atoms with Crippen LogP contribution >= 0.6 is 0 Å². The van der Waals surface area contributed by atoms with Crippen molar-refractivity contribution in [1.29, 1.82) is 0 Å². The van der Waals surface area contributed by atoms with Crippen LogP contribution in [0.25, 0.3) is 0 Å². The molecule has 0 saturated heterocycles. The van der Waals surface area contributed by atoms with Crippen molar-refractivity contribution in [2.45, 2.75) is 52.6 Å². The molecule has 0 rings (SSSR count). The van der Waals surface area contributed by atoms with Crippen molar-refractivity contribution >= 4 is 0 Å². The molecule has 1 N–H and O–H groups in total. The molecule has 0 saturated carbocycles.